The molecule has 1 aromatic heterocycles. The molecular weight excluding hydrogens is 315 g/mol. The molecule has 1 aromatic rings. The zero-order valence-electron chi connectivity index (χ0n) is 12.4. The minimum absolute atomic E-state index is 0. The summed E-state index contributed by atoms with van der Waals surface area (Å²) in [7, 11) is 0. The highest BCUT2D eigenvalue weighted by atomic mass is 35.5. The average molecular weight is 339 g/mol. The number of hydrogen-bond acceptors (Lipinski definition) is 4. The van der Waals surface area contributed by atoms with Crippen LogP contribution in [0.3, 0.4) is 0 Å². The second-order valence-electron chi connectivity index (χ2n) is 5.25. The van der Waals surface area contributed by atoms with Crippen LogP contribution < -0.4 is 5.73 Å². The van der Waals surface area contributed by atoms with Gasteiger partial charge in [0.2, 0.25) is 5.91 Å². The van der Waals surface area contributed by atoms with E-state index in [1.807, 2.05) is 35.8 Å². The van der Waals surface area contributed by atoms with Gasteiger partial charge in [-0.3, -0.25) is 9.48 Å². The Morgan fingerprint density at radius 3 is 2.86 bits per heavy atom. The second kappa shape index (κ2) is 9.25. The van der Waals surface area contributed by atoms with Crippen molar-refractivity contribution in [2.24, 2.45) is 5.73 Å². The van der Waals surface area contributed by atoms with Gasteiger partial charge in [-0.25, -0.2) is 0 Å². The topological polar surface area (TPSA) is 73.4 Å². The van der Waals surface area contributed by atoms with Gasteiger partial charge in [0, 0.05) is 31.7 Å². The number of halogens is 2. The summed E-state index contributed by atoms with van der Waals surface area (Å²) in [6.07, 6.45) is 4.20. The third kappa shape index (κ3) is 6.22. The molecule has 1 saturated heterocycles. The molecule has 8 heteroatoms. The molecule has 0 aliphatic carbocycles. The van der Waals surface area contributed by atoms with Crippen LogP contribution in [0, 0.1) is 6.92 Å². The van der Waals surface area contributed by atoms with Gasteiger partial charge in [0.05, 0.1) is 25.5 Å². The number of amides is 1. The molecule has 2 atom stereocenters. The zero-order chi connectivity index (χ0) is 13.8. The highest BCUT2D eigenvalue weighted by molar-refractivity contribution is 5.85. The van der Waals surface area contributed by atoms with Crippen LogP contribution in [0.15, 0.2) is 12.4 Å². The lowest BCUT2D eigenvalue weighted by molar-refractivity contribution is -0.139. The van der Waals surface area contributed by atoms with E-state index < -0.39 is 0 Å². The monoisotopic (exact) mass is 338 g/mol. The number of nitrogens with two attached hydrogens (primary N) is 1. The fraction of sp³-hybridized carbons (Fsp3) is 0.692. The van der Waals surface area contributed by atoms with E-state index in [1.165, 1.54) is 0 Å². The molecule has 1 aliphatic heterocycles. The van der Waals surface area contributed by atoms with Crippen LogP contribution in [-0.2, 0) is 16.1 Å². The fourth-order valence-corrected chi connectivity index (χ4v) is 2.24. The molecule has 1 fully saturated rings. The Balaban J connectivity index is 0.00000200. The summed E-state index contributed by atoms with van der Waals surface area (Å²) in [6.45, 7) is 6.38. The van der Waals surface area contributed by atoms with Gasteiger partial charge in [-0.15, -0.1) is 24.8 Å². The van der Waals surface area contributed by atoms with E-state index in [0.717, 1.165) is 5.56 Å². The van der Waals surface area contributed by atoms with E-state index >= 15 is 0 Å². The quantitative estimate of drug-likeness (QED) is 0.888. The summed E-state index contributed by atoms with van der Waals surface area (Å²) in [5.41, 5.74) is 6.79. The number of aromatic nitrogens is 2. The second-order valence-corrected chi connectivity index (χ2v) is 5.25. The van der Waals surface area contributed by atoms with Crippen LogP contribution in [0.1, 0.15) is 18.9 Å². The van der Waals surface area contributed by atoms with Crippen molar-refractivity contribution in [3.05, 3.63) is 18.0 Å². The number of nitrogens with zero attached hydrogens (tertiary/aromatic N) is 3. The van der Waals surface area contributed by atoms with Crippen molar-refractivity contribution in [3.63, 3.8) is 0 Å². The predicted octanol–water partition coefficient (Wildman–Crippen LogP) is 1.000. The highest BCUT2D eigenvalue weighted by Crippen LogP contribution is 2.10. The molecule has 122 valence electrons. The molecule has 2 heterocycles. The third-order valence-electron chi connectivity index (χ3n) is 3.14. The van der Waals surface area contributed by atoms with Crippen molar-refractivity contribution >= 4 is 30.7 Å². The summed E-state index contributed by atoms with van der Waals surface area (Å²) >= 11 is 0. The molecule has 0 bridgehead atoms. The van der Waals surface area contributed by atoms with Crippen LogP contribution in [0.5, 0.6) is 0 Å². The lowest BCUT2D eigenvalue weighted by atomic mass is 10.2. The first kappa shape index (κ1) is 20.2. The number of morpholine rings is 1. The van der Waals surface area contributed by atoms with Crippen LogP contribution >= 0.6 is 24.8 Å². The third-order valence-corrected chi connectivity index (χ3v) is 3.14. The molecule has 0 spiro atoms. The van der Waals surface area contributed by atoms with Gasteiger partial charge in [0.1, 0.15) is 0 Å². The predicted molar refractivity (Wildman–Crippen MR) is 86.0 cm³/mol. The number of carbonyl (C=O) groups excluding carboxylic acids is 1. The molecule has 1 aliphatic rings. The van der Waals surface area contributed by atoms with Crippen LogP contribution in [0.25, 0.3) is 0 Å². The van der Waals surface area contributed by atoms with Gasteiger partial charge in [-0.2, -0.15) is 5.10 Å². The van der Waals surface area contributed by atoms with E-state index in [0.29, 0.717) is 32.7 Å². The van der Waals surface area contributed by atoms with Crippen LogP contribution in [0.2, 0.25) is 0 Å². The Hall–Kier alpha value is -0.820. The van der Waals surface area contributed by atoms with E-state index in [9.17, 15) is 4.79 Å². The van der Waals surface area contributed by atoms with E-state index in [1.54, 1.807) is 0 Å². The zero-order valence-corrected chi connectivity index (χ0v) is 14.0. The molecule has 1 amide bonds. The molecule has 21 heavy (non-hydrogen) atoms. The summed E-state index contributed by atoms with van der Waals surface area (Å²) in [6, 6.07) is -0.0949. The summed E-state index contributed by atoms with van der Waals surface area (Å²) in [5.74, 6) is 0.111. The molecule has 2 unspecified atom stereocenters. The standard InChI is InChI=1S/C13H22N4O2.2ClH/c1-10-6-15-17(7-10)9-12-8-16(3-4-19-12)13(18)5-11(2)14;;/h6-7,11-12H,3-5,8-9,14H2,1-2H3;2*1H. The Morgan fingerprint density at radius 2 is 2.29 bits per heavy atom. The normalized spacial score (nSPS) is 19.4. The lowest BCUT2D eigenvalue weighted by Crippen LogP contribution is -2.48. The summed E-state index contributed by atoms with van der Waals surface area (Å²) < 4.78 is 7.55. The molecule has 0 aromatic carbocycles. The molecule has 0 radical (unpaired) electrons. The Bertz CT molecular complexity index is 440. The Kier molecular flexibility index (Phi) is 8.89. The van der Waals surface area contributed by atoms with Crippen molar-refractivity contribution in [1.29, 1.82) is 0 Å². The smallest absolute Gasteiger partial charge is 0.224 e. The number of carbonyl (C=O) groups is 1. The maximum absolute atomic E-state index is 12.0. The van der Waals surface area contributed by atoms with Gasteiger partial charge in [-0.1, -0.05) is 0 Å². The van der Waals surface area contributed by atoms with Crippen LogP contribution in [0.4, 0.5) is 0 Å². The largest absolute Gasteiger partial charge is 0.373 e. The molecule has 6 nitrogen and oxygen atoms in total. The van der Waals surface area contributed by atoms with E-state index in [-0.39, 0.29) is 42.9 Å². The first-order chi connectivity index (χ1) is 9.04. The molecule has 2 rings (SSSR count). The molecule has 2 N–H and O–H groups in total. The number of rotatable bonds is 4. The van der Waals surface area contributed by atoms with Crippen molar-refractivity contribution in [2.45, 2.75) is 39.0 Å². The SMILES string of the molecule is Cc1cnn(CC2CN(C(=O)CC(C)N)CCO2)c1.Cl.Cl. The Labute approximate surface area is 137 Å². The van der Waals surface area contributed by atoms with Crippen molar-refractivity contribution < 1.29 is 9.53 Å². The van der Waals surface area contributed by atoms with Crippen molar-refractivity contribution in [3.8, 4) is 0 Å². The van der Waals surface area contributed by atoms with Gasteiger partial charge < -0.3 is 15.4 Å². The number of aryl methyl sites for hydroxylation is 1. The van der Waals surface area contributed by atoms with Gasteiger partial charge in [0.25, 0.3) is 0 Å². The number of ether oxygens (including phenoxy) is 1. The maximum atomic E-state index is 12.0. The maximum Gasteiger partial charge on any atom is 0.224 e. The average Bonchev–Trinajstić information content (AvgIpc) is 2.74. The molecular formula is C13H24Cl2N4O2. The minimum Gasteiger partial charge on any atom is -0.373 e. The van der Waals surface area contributed by atoms with E-state index in [4.69, 9.17) is 10.5 Å². The highest BCUT2D eigenvalue weighted by Gasteiger charge is 2.24. The first-order valence-electron chi connectivity index (χ1n) is 6.68. The lowest BCUT2D eigenvalue weighted by Gasteiger charge is -2.33. The van der Waals surface area contributed by atoms with Gasteiger partial charge in [0.15, 0.2) is 0 Å². The van der Waals surface area contributed by atoms with Gasteiger partial charge >= 0.3 is 0 Å². The van der Waals surface area contributed by atoms with E-state index in [2.05, 4.69) is 5.10 Å². The van der Waals surface area contributed by atoms with Crippen molar-refractivity contribution in [2.75, 3.05) is 19.7 Å². The minimum atomic E-state index is -0.0949. The first-order valence-corrected chi connectivity index (χ1v) is 6.68. The van der Waals surface area contributed by atoms with Crippen LogP contribution in [-0.4, -0.2) is 52.4 Å². The Morgan fingerprint density at radius 1 is 1.57 bits per heavy atom. The summed E-state index contributed by atoms with van der Waals surface area (Å²) in [5, 5.41) is 4.24. The number of hydrogen-bond donors (Lipinski definition) is 1. The van der Waals surface area contributed by atoms with Crippen molar-refractivity contribution in [1.82, 2.24) is 14.7 Å². The molecule has 0 saturated carbocycles. The summed E-state index contributed by atoms with van der Waals surface area (Å²) in [4.78, 5) is 13.8. The van der Waals surface area contributed by atoms with Gasteiger partial charge in [-0.05, 0) is 19.4 Å². The fourth-order valence-electron chi connectivity index (χ4n) is 2.24.